The number of benzene rings is 1. The summed E-state index contributed by atoms with van der Waals surface area (Å²) >= 11 is 0. The van der Waals surface area contributed by atoms with E-state index in [9.17, 15) is 19.6 Å². The van der Waals surface area contributed by atoms with Gasteiger partial charge in [0.2, 0.25) is 5.91 Å². The molecule has 1 aromatic carbocycles. The number of unbranched alkanes of at least 4 members (excludes halogenated alkanes) is 1. The standard InChI is InChI=1S/C22H30N4O5/c27-20-7-6-19(21(28)25-20)26(30)14-17-16(22(26)29)4-3-5-18(17)24-10-1-2-13-31-15-8-11-23-12-9-15/h3-5,15,19,23-24H,1-2,6-14H2,(H,25,27,28). The van der Waals surface area contributed by atoms with Gasteiger partial charge >= 0.3 is 5.91 Å². The van der Waals surface area contributed by atoms with Crippen LogP contribution in [0.3, 0.4) is 0 Å². The summed E-state index contributed by atoms with van der Waals surface area (Å²) in [6.07, 6.45) is 4.49. The maximum Gasteiger partial charge on any atom is 0.347 e. The Kier molecular flexibility index (Phi) is 6.66. The fraction of sp³-hybridized carbons (Fsp3) is 0.591. The van der Waals surface area contributed by atoms with E-state index in [0.29, 0.717) is 23.8 Å². The van der Waals surface area contributed by atoms with Gasteiger partial charge in [0.15, 0.2) is 6.04 Å². The van der Waals surface area contributed by atoms with E-state index in [-0.39, 0.29) is 19.4 Å². The van der Waals surface area contributed by atoms with Crippen molar-refractivity contribution in [2.75, 3.05) is 31.6 Å². The normalized spacial score (nSPS) is 26.6. The molecule has 9 nitrogen and oxygen atoms in total. The number of fused-ring (bicyclic) bond motifs is 1. The van der Waals surface area contributed by atoms with Crippen LogP contribution in [0.2, 0.25) is 0 Å². The van der Waals surface area contributed by atoms with Crippen molar-refractivity contribution >= 4 is 23.4 Å². The second kappa shape index (κ2) is 9.44. The molecule has 0 saturated carbocycles. The maximum atomic E-state index is 13.4. The van der Waals surface area contributed by atoms with Gasteiger partial charge in [-0.25, -0.2) is 4.79 Å². The van der Waals surface area contributed by atoms with Crippen molar-refractivity contribution in [1.29, 1.82) is 0 Å². The molecule has 2 atom stereocenters. The van der Waals surface area contributed by atoms with Gasteiger partial charge in [0.05, 0.1) is 11.7 Å². The molecule has 9 heteroatoms. The molecule has 2 unspecified atom stereocenters. The van der Waals surface area contributed by atoms with Gasteiger partial charge in [0, 0.05) is 37.2 Å². The Morgan fingerprint density at radius 3 is 2.71 bits per heavy atom. The number of imide groups is 1. The van der Waals surface area contributed by atoms with E-state index in [1.54, 1.807) is 12.1 Å². The van der Waals surface area contributed by atoms with Crippen LogP contribution in [0.4, 0.5) is 5.69 Å². The molecule has 0 aromatic heterocycles. The molecule has 1 aromatic rings. The molecule has 2 fully saturated rings. The van der Waals surface area contributed by atoms with Crippen LogP contribution in [-0.2, 0) is 20.9 Å². The minimum absolute atomic E-state index is 0.0762. The predicted octanol–water partition coefficient (Wildman–Crippen LogP) is 1.42. The highest BCUT2D eigenvalue weighted by molar-refractivity contribution is 6.02. The van der Waals surface area contributed by atoms with Crippen LogP contribution >= 0.6 is 0 Å². The van der Waals surface area contributed by atoms with Crippen LogP contribution in [0, 0.1) is 5.21 Å². The first kappa shape index (κ1) is 21.9. The highest BCUT2D eigenvalue weighted by Gasteiger charge is 2.50. The summed E-state index contributed by atoms with van der Waals surface area (Å²) in [5, 5.41) is 22.3. The SMILES string of the molecule is O=C1CCC([N+]2([O-])Cc3c(NCCCCOC4CCNCC4)cccc3C2=O)C(=O)N1. The Balaban J connectivity index is 1.32. The third-order valence-corrected chi connectivity index (χ3v) is 6.38. The number of hydroxylamine groups is 3. The van der Waals surface area contributed by atoms with E-state index in [0.717, 1.165) is 51.1 Å². The first-order chi connectivity index (χ1) is 15.0. The number of nitrogens with zero attached hydrogens (tertiary/aromatic N) is 1. The van der Waals surface area contributed by atoms with Crippen LogP contribution in [0.25, 0.3) is 0 Å². The Bertz CT molecular complexity index is 854. The average molecular weight is 431 g/mol. The fourth-order valence-electron chi connectivity index (χ4n) is 4.63. The van der Waals surface area contributed by atoms with Crippen molar-refractivity contribution in [3.63, 3.8) is 0 Å². The van der Waals surface area contributed by atoms with Gasteiger partial charge in [-0.05, 0) is 50.9 Å². The van der Waals surface area contributed by atoms with Crippen molar-refractivity contribution in [3.8, 4) is 0 Å². The van der Waals surface area contributed by atoms with E-state index in [4.69, 9.17) is 4.74 Å². The number of hydrogen-bond acceptors (Lipinski definition) is 7. The van der Waals surface area contributed by atoms with Crippen LogP contribution in [0.1, 0.15) is 54.4 Å². The number of ether oxygens (including phenoxy) is 1. The summed E-state index contributed by atoms with van der Waals surface area (Å²) in [5.41, 5.74) is 1.77. The van der Waals surface area contributed by atoms with Gasteiger partial charge in [-0.1, -0.05) is 6.07 Å². The monoisotopic (exact) mass is 430 g/mol. The minimum Gasteiger partial charge on any atom is -0.624 e. The number of anilines is 1. The predicted molar refractivity (Wildman–Crippen MR) is 114 cm³/mol. The largest absolute Gasteiger partial charge is 0.624 e. The summed E-state index contributed by atoms with van der Waals surface area (Å²) in [7, 11) is 0. The zero-order chi connectivity index (χ0) is 21.8. The zero-order valence-corrected chi connectivity index (χ0v) is 17.7. The topological polar surface area (TPSA) is 120 Å². The summed E-state index contributed by atoms with van der Waals surface area (Å²) < 4.78 is 4.66. The van der Waals surface area contributed by atoms with Crippen LogP contribution in [0.5, 0.6) is 0 Å². The molecule has 0 radical (unpaired) electrons. The molecule has 0 spiro atoms. The van der Waals surface area contributed by atoms with Crippen molar-refractivity contribution < 1.29 is 23.8 Å². The van der Waals surface area contributed by atoms with Gasteiger partial charge in [0.1, 0.15) is 6.54 Å². The lowest BCUT2D eigenvalue weighted by molar-refractivity contribution is -0.825. The molecule has 2 saturated heterocycles. The fourth-order valence-corrected chi connectivity index (χ4v) is 4.63. The number of piperidine rings is 2. The van der Waals surface area contributed by atoms with Crippen molar-refractivity contribution in [2.45, 2.75) is 57.2 Å². The van der Waals surface area contributed by atoms with Crippen molar-refractivity contribution in [3.05, 3.63) is 34.5 Å². The smallest absolute Gasteiger partial charge is 0.347 e. The summed E-state index contributed by atoms with van der Waals surface area (Å²) in [4.78, 5) is 36.6. The molecule has 3 aliphatic heterocycles. The summed E-state index contributed by atoms with van der Waals surface area (Å²) in [5.74, 6) is -1.66. The molecule has 0 aliphatic carbocycles. The molecular weight excluding hydrogens is 400 g/mol. The van der Waals surface area contributed by atoms with Crippen molar-refractivity contribution in [1.82, 2.24) is 10.6 Å². The van der Waals surface area contributed by atoms with E-state index in [2.05, 4.69) is 16.0 Å². The molecule has 3 heterocycles. The number of carbonyl (C=O) groups excluding carboxylic acids is 3. The first-order valence-corrected chi connectivity index (χ1v) is 11.1. The number of quaternary nitrogens is 1. The van der Waals surface area contributed by atoms with Crippen molar-refractivity contribution in [2.24, 2.45) is 0 Å². The molecule has 4 rings (SSSR count). The van der Waals surface area contributed by atoms with Gasteiger partial charge < -0.3 is 20.6 Å². The molecule has 3 aliphatic rings. The van der Waals surface area contributed by atoms with Gasteiger partial charge in [-0.2, -0.15) is 0 Å². The molecule has 3 N–H and O–H groups in total. The van der Waals surface area contributed by atoms with Gasteiger partial charge in [-0.3, -0.25) is 19.6 Å². The lowest BCUT2D eigenvalue weighted by Crippen LogP contribution is -2.60. The number of rotatable bonds is 8. The average Bonchev–Trinajstić information content (AvgIpc) is 3.03. The van der Waals surface area contributed by atoms with Gasteiger partial charge in [-0.15, -0.1) is 0 Å². The Morgan fingerprint density at radius 2 is 1.94 bits per heavy atom. The number of carbonyl (C=O) groups is 3. The third kappa shape index (κ3) is 4.64. The first-order valence-electron chi connectivity index (χ1n) is 11.1. The van der Waals surface area contributed by atoms with Crippen LogP contribution in [0.15, 0.2) is 18.2 Å². The number of nitrogens with one attached hydrogen (secondary N) is 3. The van der Waals surface area contributed by atoms with E-state index in [1.807, 2.05) is 6.07 Å². The highest BCUT2D eigenvalue weighted by atomic mass is 16.6. The quantitative estimate of drug-likeness (QED) is 0.247. The Morgan fingerprint density at radius 1 is 1.13 bits per heavy atom. The van der Waals surface area contributed by atoms with Gasteiger partial charge in [0.25, 0.3) is 5.91 Å². The van der Waals surface area contributed by atoms with E-state index >= 15 is 0 Å². The van der Waals surface area contributed by atoms with Crippen LogP contribution < -0.4 is 16.0 Å². The van der Waals surface area contributed by atoms with Crippen LogP contribution in [-0.4, -0.2) is 60.8 Å². The molecule has 3 amide bonds. The summed E-state index contributed by atoms with van der Waals surface area (Å²) in [6.45, 7) is 3.37. The van der Waals surface area contributed by atoms with E-state index < -0.39 is 28.4 Å². The molecule has 31 heavy (non-hydrogen) atoms. The Labute approximate surface area is 181 Å². The molecule has 0 bridgehead atoms. The maximum absolute atomic E-state index is 13.4. The molecule has 168 valence electrons. The zero-order valence-electron chi connectivity index (χ0n) is 17.7. The second-order valence-corrected chi connectivity index (χ2v) is 8.51. The molecular formula is C22H30N4O5. The lowest BCUT2D eigenvalue weighted by Gasteiger charge is -2.42. The highest BCUT2D eigenvalue weighted by Crippen LogP contribution is 2.37. The van der Waals surface area contributed by atoms with E-state index in [1.165, 1.54) is 0 Å². The lowest BCUT2D eigenvalue weighted by atomic mass is 10.0. The third-order valence-electron chi connectivity index (χ3n) is 6.38. The minimum atomic E-state index is -1.25. The Hall–Kier alpha value is -2.33. The number of hydrogen-bond donors (Lipinski definition) is 3. The second-order valence-electron chi connectivity index (χ2n) is 8.51. The summed E-state index contributed by atoms with van der Waals surface area (Å²) in [6, 6.07) is 4.16. The number of amides is 3.